The first-order valence-corrected chi connectivity index (χ1v) is 10.3. The Hall–Kier alpha value is -3.18. The zero-order valence-electron chi connectivity index (χ0n) is 16.3. The molecule has 30 heavy (non-hydrogen) atoms. The molecular formula is C24H19ClN2O3. The van der Waals surface area contributed by atoms with Crippen molar-refractivity contribution < 1.29 is 14.2 Å². The van der Waals surface area contributed by atoms with Crippen LogP contribution in [0.25, 0.3) is 0 Å². The van der Waals surface area contributed by atoms with Gasteiger partial charge in [0.25, 0.3) is 0 Å². The van der Waals surface area contributed by atoms with Crippen molar-refractivity contribution >= 4 is 17.3 Å². The van der Waals surface area contributed by atoms with Crippen LogP contribution in [-0.4, -0.2) is 17.5 Å². The van der Waals surface area contributed by atoms with Crippen LogP contribution in [0, 0.1) is 6.92 Å². The van der Waals surface area contributed by atoms with Crippen molar-refractivity contribution in [3.05, 3.63) is 87.9 Å². The number of halogens is 1. The van der Waals surface area contributed by atoms with Gasteiger partial charge in [0.1, 0.15) is 5.75 Å². The summed E-state index contributed by atoms with van der Waals surface area (Å²) in [5.74, 6) is 2.39. The normalized spacial score (nSPS) is 21.0. The van der Waals surface area contributed by atoms with Gasteiger partial charge in [-0.1, -0.05) is 41.4 Å². The first-order valence-electron chi connectivity index (χ1n) is 9.94. The highest BCUT2D eigenvalue weighted by Crippen LogP contribution is 2.48. The average Bonchev–Trinajstić information content (AvgIpc) is 3.41. The monoisotopic (exact) mass is 418 g/mol. The van der Waals surface area contributed by atoms with Crippen LogP contribution < -0.4 is 14.2 Å². The lowest BCUT2D eigenvalue weighted by Gasteiger charge is -2.38. The van der Waals surface area contributed by atoms with Crippen molar-refractivity contribution in [3.8, 4) is 17.2 Å². The summed E-state index contributed by atoms with van der Waals surface area (Å²) in [4.78, 5) is 0. The summed E-state index contributed by atoms with van der Waals surface area (Å²) in [6.45, 7) is 2.34. The van der Waals surface area contributed by atoms with E-state index in [1.165, 1.54) is 5.56 Å². The lowest BCUT2D eigenvalue weighted by atomic mass is 9.95. The Kier molecular flexibility index (Phi) is 3.93. The first-order chi connectivity index (χ1) is 14.7. The number of benzene rings is 3. The van der Waals surface area contributed by atoms with E-state index in [-0.39, 0.29) is 19.1 Å². The van der Waals surface area contributed by atoms with E-state index in [1.807, 2.05) is 36.4 Å². The molecule has 6 rings (SSSR count). The topological polar surface area (TPSA) is 43.3 Å². The zero-order chi connectivity index (χ0) is 20.2. The fourth-order valence-corrected chi connectivity index (χ4v) is 4.44. The van der Waals surface area contributed by atoms with Crippen molar-refractivity contribution in [3.63, 3.8) is 0 Å². The van der Waals surface area contributed by atoms with Gasteiger partial charge in [-0.25, -0.2) is 5.01 Å². The van der Waals surface area contributed by atoms with Gasteiger partial charge in [-0.3, -0.25) is 0 Å². The molecule has 0 unspecified atom stereocenters. The Morgan fingerprint density at radius 1 is 0.933 bits per heavy atom. The summed E-state index contributed by atoms with van der Waals surface area (Å²) in [6, 6.07) is 20.2. The highest BCUT2D eigenvalue weighted by atomic mass is 35.5. The number of hydrazone groups is 1. The quantitative estimate of drug-likeness (QED) is 0.541. The molecule has 0 saturated carbocycles. The van der Waals surface area contributed by atoms with Gasteiger partial charge < -0.3 is 14.2 Å². The Labute approximate surface area is 179 Å². The minimum Gasteiger partial charge on any atom is -0.464 e. The summed E-state index contributed by atoms with van der Waals surface area (Å²) in [5.41, 5.74) is 5.36. The molecule has 0 amide bonds. The lowest BCUT2D eigenvalue weighted by molar-refractivity contribution is -0.0190. The standard InChI is InChI=1S/C24H19ClN2O3/c1-14-2-4-15(5-3-14)24-27-20(18-11-17(25)7-9-21(18)30-24)12-19(26-27)16-6-8-22-23(10-16)29-13-28-22/h2-11,20,24H,12-13H2,1H3/t20-,24+/m0/s1. The molecule has 0 spiro atoms. The second kappa shape index (κ2) is 6.67. The lowest BCUT2D eigenvalue weighted by Crippen LogP contribution is -2.33. The third kappa shape index (κ3) is 2.81. The van der Waals surface area contributed by atoms with E-state index < -0.39 is 0 Å². The van der Waals surface area contributed by atoms with E-state index in [0.29, 0.717) is 5.02 Å². The third-order valence-electron chi connectivity index (χ3n) is 5.82. The van der Waals surface area contributed by atoms with E-state index in [4.69, 9.17) is 30.9 Å². The van der Waals surface area contributed by atoms with Crippen LogP contribution in [0.2, 0.25) is 5.02 Å². The molecule has 0 radical (unpaired) electrons. The molecule has 0 fully saturated rings. The SMILES string of the molecule is Cc1ccc([C@H]2Oc3ccc(Cl)cc3[C@@H]3CC(c4ccc5c(c4)OCO5)=NN23)cc1. The van der Waals surface area contributed by atoms with E-state index >= 15 is 0 Å². The number of rotatable bonds is 2. The molecule has 3 aromatic rings. The van der Waals surface area contributed by atoms with Gasteiger partial charge in [-0.05, 0) is 43.3 Å². The molecule has 0 aromatic heterocycles. The van der Waals surface area contributed by atoms with E-state index in [9.17, 15) is 0 Å². The molecule has 0 N–H and O–H groups in total. The van der Waals surface area contributed by atoms with Crippen LogP contribution in [0.1, 0.15) is 40.9 Å². The van der Waals surface area contributed by atoms with Crippen LogP contribution in [0.3, 0.4) is 0 Å². The number of nitrogens with zero attached hydrogens (tertiary/aromatic N) is 2. The summed E-state index contributed by atoms with van der Waals surface area (Å²) in [7, 11) is 0. The summed E-state index contributed by atoms with van der Waals surface area (Å²) >= 11 is 6.31. The molecular weight excluding hydrogens is 400 g/mol. The van der Waals surface area contributed by atoms with Crippen LogP contribution in [0.4, 0.5) is 0 Å². The maximum absolute atomic E-state index is 6.40. The Bertz CT molecular complexity index is 1180. The predicted molar refractivity (Wildman–Crippen MR) is 114 cm³/mol. The number of aryl methyl sites for hydroxylation is 1. The van der Waals surface area contributed by atoms with Crippen molar-refractivity contribution in [2.75, 3.05) is 6.79 Å². The smallest absolute Gasteiger partial charge is 0.231 e. The molecule has 0 aliphatic carbocycles. The highest BCUT2D eigenvalue weighted by Gasteiger charge is 2.41. The molecule has 5 nitrogen and oxygen atoms in total. The molecule has 2 atom stereocenters. The highest BCUT2D eigenvalue weighted by molar-refractivity contribution is 6.30. The fourth-order valence-electron chi connectivity index (χ4n) is 4.26. The minimum absolute atomic E-state index is 0.0548. The number of ether oxygens (including phenoxy) is 3. The fraction of sp³-hybridized carbons (Fsp3) is 0.208. The van der Waals surface area contributed by atoms with Crippen molar-refractivity contribution in [1.29, 1.82) is 0 Å². The molecule has 3 aliphatic heterocycles. The average molecular weight is 419 g/mol. The van der Waals surface area contributed by atoms with E-state index in [0.717, 1.165) is 46.1 Å². The van der Waals surface area contributed by atoms with Crippen LogP contribution in [0.5, 0.6) is 17.2 Å². The summed E-state index contributed by atoms with van der Waals surface area (Å²) in [6.07, 6.45) is 0.467. The van der Waals surface area contributed by atoms with Gasteiger partial charge in [0.05, 0.1) is 11.8 Å². The Balaban J connectivity index is 1.43. The van der Waals surface area contributed by atoms with Gasteiger partial charge in [-0.15, -0.1) is 0 Å². The maximum Gasteiger partial charge on any atom is 0.231 e. The number of hydrogen-bond acceptors (Lipinski definition) is 5. The minimum atomic E-state index is -0.296. The second-order valence-electron chi connectivity index (χ2n) is 7.78. The number of hydrogen-bond donors (Lipinski definition) is 0. The summed E-state index contributed by atoms with van der Waals surface area (Å²) in [5, 5.41) is 7.76. The van der Waals surface area contributed by atoms with Gasteiger partial charge >= 0.3 is 0 Å². The Morgan fingerprint density at radius 2 is 1.73 bits per heavy atom. The van der Waals surface area contributed by atoms with Gasteiger partial charge in [0.2, 0.25) is 13.0 Å². The molecule has 3 aromatic carbocycles. The molecule has 6 heteroatoms. The van der Waals surface area contributed by atoms with Gasteiger partial charge in [0, 0.05) is 28.1 Å². The second-order valence-corrected chi connectivity index (χ2v) is 8.21. The maximum atomic E-state index is 6.40. The van der Waals surface area contributed by atoms with E-state index in [1.54, 1.807) is 0 Å². The third-order valence-corrected chi connectivity index (χ3v) is 6.06. The largest absolute Gasteiger partial charge is 0.464 e. The van der Waals surface area contributed by atoms with Gasteiger partial charge in [0.15, 0.2) is 11.5 Å². The van der Waals surface area contributed by atoms with E-state index in [2.05, 4.69) is 36.2 Å². The molecule has 0 bridgehead atoms. The first kappa shape index (κ1) is 17.7. The summed E-state index contributed by atoms with van der Waals surface area (Å²) < 4.78 is 17.4. The molecule has 3 aliphatic rings. The zero-order valence-corrected chi connectivity index (χ0v) is 17.1. The van der Waals surface area contributed by atoms with Crippen molar-refractivity contribution in [1.82, 2.24) is 5.01 Å². The van der Waals surface area contributed by atoms with Crippen molar-refractivity contribution in [2.45, 2.75) is 25.6 Å². The molecule has 3 heterocycles. The van der Waals surface area contributed by atoms with Crippen LogP contribution in [0.15, 0.2) is 65.8 Å². The van der Waals surface area contributed by atoms with Crippen LogP contribution >= 0.6 is 11.6 Å². The Morgan fingerprint density at radius 3 is 2.60 bits per heavy atom. The predicted octanol–water partition coefficient (Wildman–Crippen LogP) is 5.62. The number of fused-ring (bicyclic) bond motifs is 4. The molecule has 150 valence electrons. The molecule has 0 saturated heterocycles. The van der Waals surface area contributed by atoms with Crippen LogP contribution in [-0.2, 0) is 0 Å². The van der Waals surface area contributed by atoms with Crippen molar-refractivity contribution in [2.24, 2.45) is 5.10 Å². The van der Waals surface area contributed by atoms with Gasteiger partial charge in [-0.2, -0.15) is 5.10 Å².